The predicted molar refractivity (Wildman–Crippen MR) is 288 cm³/mol. The van der Waals surface area contributed by atoms with Gasteiger partial charge >= 0.3 is 0 Å². The lowest BCUT2D eigenvalue weighted by molar-refractivity contribution is -0.0424. The van der Waals surface area contributed by atoms with Crippen molar-refractivity contribution >= 4 is 91.7 Å². The van der Waals surface area contributed by atoms with Crippen LogP contribution in [0.2, 0.25) is 18.1 Å². The van der Waals surface area contributed by atoms with Gasteiger partial charge in [0, 0.05) is 42.8 Å². The quantitative estimate of drug-likeness (QED) is 0.0425. The summed E-state index contributed by atoms with van der Waals surface area (Å²) in [6, 6.07) is 16.9. The molecular weight excluding hydrogens is 1010 g/mol. The Morgan fingerprint density at radius 2 is 1.33 bits per heavy atom. The molecule has 2 aromatic carbocycles. The molecule has 0 spiro atoms. The first-order valence-electron chi connectivity index (χ1n) is 23.4. The van der Waals surface area contributed by atoms with E-state index in [1.165, 1.54) is 22.5 Å². The highest BCUT2D eigenvalue weighted by Gasteiger charge is 2.51. The lowest BCUT2D eigenvalue weighted by Gasteiger charge is -2.40. The number of hydrogen-bond donors (Lipinski definition) is 2. The van der Waals surface area contributed by atoms with E-state index in [0.717, 1.165) is 0 Å². The van der Waals surface area contributed by atoms with Gasteiger partial charge in [-0.15, -0.1) is 13.2 Å². The molecule has 72 heavy (non-hydrogen) atoms. The lowest BCUT2D eigenvalue weighted by Crippen LogP contribution is -2.51. The van der Waals surface area contributed by atoms with E-state index >= 15 is 0 Å². The predicted octanol–water partition coefficient (Wildman–Crippen LogP) is 7.73. The van der Waals surface area contributed by atoms with E-state index in [1.54, 1.807) is 53.6 Å². The molecule has 8 rings (SSSR count). The molecule has 2 amide bonds. The van der Waals surface area contributed by atoms with E-state index in [0.29, 0.717) is 52.7 Å². The SMILES string of the molecule is C=CCN(C(=O)c1ccccc1)c1ncnc2c1ncn2C1O[C@H](COP=S)[C@@H](NP(C)(=S)OC[C@H]2O[C@@H](n3cnc4c(N(CC=C)C(=O)c5ccccc5)ncnc43)[C@H](O[Si](C)(C)C(C)(C)C)[C@@H]2N)[C@H]1C. The summed E-state index contributed by atoms with van der Waals surface area (Å²) in [7, 11) is -2.15. The number of carbonyl (C=O) groups excluding carboxylic acids is 2. The molecule has 9 atom stereocenters. The molecule has 4 aromatic heterocycles. The molecule has 6 heterocycles. The first kappa shape index (κ1) is 53.4. The van der Waals surface area contributed by atoms with Crippen molar-refractivity contribution in [3.8, 4) is 0 Å². The van der Waals surface area contributed by atoms with Crippen LogP contribution in [0, 0.1) is 5.92 Å². The normalized spacial score (nSPS) is 23.3. The van der Waals surface area contributed by atoms with Gasteiger partial charge in [0.25, 0.3) is 11.8 Å². The van der Waals surface area contributed by atoms with Crippen molar-refractivity contribution in [3.63, 3.8) is 0 Å². The topological polar surface area (TPSA) is 212 Å². The molecule has 0 aliphatic carbocycles. The van der Waals surface area contributed by atoms with Crippen molar-refractivity contribution < 1.29 is 32.5 Å². The Morgan fingerprint density at radius 1 is 0.833 bits per heavy atom. The third-order valence-corrected chi connectivity index (χ3v) is 20.5. The van der Waals surface area contributed by atoms with Crippen LogP contribution in [0.15, 0.2) is 111 Å². The monoisotopic (exact) mass is 1070 g/mol. The molecule has 0 bridgehead atoms. The summed E-state index contributed by atoms with van der Waals surface area (Å²) >= 11 is 11.4. The Bertz CT molecular complexity index is 2980. The second-order valence-corrected chi connectivity index (χ2v) is 29.2. The molecule has 2 fully saturated rings. The van der Waals surface area contributed by atoms with Gasteiger partial charge in [-0.05, 0) is 54.2 Å². The summed E-state index contributed by atoms with van der Waals surface area (Å²) in [5, 5.41) is 3.48. The molecule has 2 saturated heterocycles. The van der Waals surface area contributed by atoms with Gasteiger partial charge < -0.3 is 28.7 Å². The molecule has 6 aromatic rings. The molecular formula is C48H60N12O7P2S2Si. The zero-order valence-corrected chi connectivity index (χ0v) is 45.6. The minimum atomic E-state index is -2.85. The Hall–Kier alpha value is -4.93. The molecule has 2 aliphatic heterocycles. The molecule has 3 N–H and O–H groups in total. The number of nitrogens with one attached hydrogen (secondary N) is 1. The van der Waals surface area contributed by atoms with Crippen LogP contribution in [-0.4, -0.2) is 123 Å². The Morgan fingerprint density at radius 3 is 1.82 bits per heavy atom. The Kier molecular flexibility index (Phi) is 16.5. The summed E-state index contributed by atoms with van der Waals surface area (Å²) in [6.45, 7) is 23.1. The molecule has 19 nitrogen and oxygen atoms in total. The molecule has 2 aliphatic rings. The number of carbonyl (C=O) groups is 2. The maximum Gasteiger partial charge on any atom is 0.259 e. The number of ether oxygens (including phenoxy) is 2. The number of nitrogens with two attached hydrogens (primary N) is 1. The van der Waals surface area contributed by atoms with Gasteiger partial charge in [-0.25, -0.2) is 29.9 Å². The number of imidazole rings is 2. The van der Waals surface area contributed by atoms with Crippen LogP contribution in [0.5, 0.6) is 0 Å². The van der Waals surface area contributed by atoms with Crippen LogP contribution < -0.4 is 20.6 Å². The van der Waals surface area contributed by atoms with Gasteiger partial charge in [0.15, 0.2) is 48.5 Å². The summed E-state index contributed by atoms with van der Waals surface area (Å²) in [5.41, 5.74) is 9.87. The molecule has 0 radical (unpaired) electrons. The summed E-state index contributed by atoms with van der Waals surface area (Å²) in [4.78, 5) is 58.5. The number of hydrogen-bond acceptors (Lipinski definition) is 16. The van der Waals surface area contributed by atoms with Crippen molar-refractivity contribution in [2.75, 3.05) is 42.8 Å². The minimum absolute atomic E-state index is 0.0352. The number of amides is 2. The van der Waals surface area contributed by atoms with E-state index in [9.17, 15) is 9.59 Å². The van der Waals surface area contributed by atoms with Gasteiger partial charge in [-0.1, -0.05) is 88.1 Å². The van der Waals surface area contributed by atoms with Crippen molar-refractivity contribution in [1.29, 1.82) is 0 Å². The van der Waals surface area contributed by atoms with Gasteiger partial charge in [-0.2, -0.15) is 0 Å². The zero-order valence-electron chi connectivity index (χ0n) is 41.2. The third kappa shape index (κ3) is 11.0. The minimum Gasteiger partial charge on any atom is -0.408 e. The van der Waals surface area contributed by atoms with E-state index in [-0.39, 0.29) is 55.1 Å². The number of fused-ring (bicyclic) bond motifs is 2. The summed E-state index contributed by atoms with van der Waals surface area (Å²) in [6.07, 6.45) is 3.30. The van der Waals surface area contributed by atoms with Crippen molar-refractivity contribution in [2.45, 2.75) is 88.7 Å². The van der Waals surface area contributed by atoms with Crippen molar-refractivity contribution in [1.82, 2.24) is 44.1 Å². The van der Waals surface area contributed by atoms with Crippen LogP contribution in [0.4, 0.5) is 11.6 Å². The fourth-order valence-corrected chi connectivity index (χ4v) is 12.4. The highest BCUT2D eigenvalue weighted by molar-refractivity contribution is 8.11. The zero-order chi connectivity index (χ0) is 51.5. The number of nitrogens with zero attached hydrogens (tertiary/aromatic N) is 10. The largest absolute Gasteiger partial charge is 0.408 e. The molecule has 2 unspecified atom stereocenters. The van der Waals surface area contributed by atoms with Crippen LogP contribution in [0.3, 0.4) is 0 Å². The molecule has 0 saturated carbocycles. The number of aromatic nitrogens is 8. The van der Waals surface area contributed by atoms with E-state index in [2.05, 4.69) is 72.0 Å². The summed E-state index contributed by atoms with van der Waals surface area (Å²) in [5.74, 6) is -0.0923. The average Bonchev–Trinajstić information content (AvgIpc) is 4.14. The van der Waals surface area contributed by atoms with Crippen molar-refractivity contribution in [3.05, 3.63) is 122 Å². The van der Waals surface area contributed by atoms with Crippen molar-refractivity contribution in [2.24, 2.45) is 11.7 Å². The van der Waals surface area contributed by atoms with Gasteiger partial charge in [0.05, 0.1) is 31.9 Å². The van der Waals surface area contributed by atoms with Crippen LogP contribution in [0.25, 0.3) is 22.3 Å². The highest BCUT2D eigenvalue weighted by Crippen LogP contribution is 2.47. The van der Waals surface area contributed by atoms with Crippen LogP contribution in [0.1, 0.15) is 60.9 Å². The standard InChI is InChI=1S/C48H60N12O7P2S2Si/c1-10-22-57(44(61)31-18-14-12-15-19-31)40-37-42(52-26-50-40)59(28-54-37)46-30(3)36(34(66-46)24-63-68-70)56-69(7,71)64-25-33-35(49)39(67-72(8,9)48(4,5)6)47(65-33)60-29-55-38-41(51-27-53-43(38)60)58(23-11-2)45(62)32-20-16-13-17-21-32/h10-21,26-30,33-36,39,46-47H,1-2,22-25,49H2,3-9H3,(H,56,71)/t30-,33-,34-,35-,36+,39-,46?,47-,69?/m1/s1. The number of anilines is 2. The lowest BCUT2D eigenvalue weighted by atomic mass is 10.00. The highest BCUT2D eigenvalue weighted by atomic mass is 32.4. The van der Waals surface area contributed by atoms with Crippen LogP contribution in [-0.2, 0) is 46.6 Å². The number of rotatable bonds is 20. The third-order valence-electron chi connectivity index (χ3n) is 13.4. The fraction of sp³-hybridized carbons (Fsp3) is 0.417. The molecule has 380 valence electrons. The first-order chi connectivity index (χ1) is 34.4. The maximum atomic E-state index is 13.9. The van der Waals surface area contributed by atoms with E-state index < -0.39 is 51.5 Å². The Labute approximate surface area is 431 Å². The van der Waals surface area contributed by atoms with Crippen LogP contribution >= 0.6 is 14.0 Å². The smallest absolute Gasteiger partial charge is 0.259 e. The second-order valence-electron chi connectivity index (χ2n) is 19.3. The molecule has 24 heteroatoms. The van der Waals surface area contributed by atoms with E-state index in [4.69, 9.17) is 62.3 Å². The Balaban J connectivity index is 1.04. The number of benzene rings is 2. The van der Waals surface area contributed by atoms with E-state index in [1.807, 2.05) is 54.6 Å². The summed E-state index contributed by atoms with van der Waals surface area (Å²) < 4.78 is 36.8. The fourth-order valence-electron chi connectivity index (χ4n) is 8.68. The maximum absolute atomic E-state index is 13.9. The van der Waals surface area contributed by atoms with Gasteiger partial charge in [0.2, 0.25) is 0 Å². The average molecular weight is 1070 g/mol. The van der Waals surface area contributed by atoms with Gasteiger partial charge in [0.1, 0.15) is 51.2 Å². The van der Waals surface area contributed by atoms with Gasteiger partial charge in [-0.3, -0.25) is 33.6 Å². The first-order valence-corrected chi connectivity index (χ1v) is 31.3. The second kappa shape index (κ2) is 22.3.